The molecule has 0 radical (unpaired) electrons. The van der Waals surface area contributed by atoms with Gasteiger partial charge in [-0.2, -0.15) is 0 Å². The molecule has 0 bridgehead atoms. The predicted octanol–water partition coefficient (Wildman–Crippen LogP) is 12.2. The van der Waals surface area contributed by atoms with E-state index < -0.39 is 0 Å². The van der Waals surface area contributed by atoms with Crippen molar-refractivity contribution in [3.63, 3.8) is 0 Å². The van der Waals surface area contributed by atoms with Gasteiger partial charge in [-0.15, -0.1) is 0 Å². The fourth-order valence-corrected chi connectivity index (χ4v) is 8.25. The van der Waals surface area contributed by atoms with Gasteiger partial charge in [-0.25, -0.2) is 9.97 Å². The SMILES string of the molecule is CC(C)(C)c1cc2ccc3cc4c(c5ccc(c1)c2c35)-c1ccc(-c2cc(-c3ccc5oc6ccccc6c5c3)ncn2)cc1C4(C)C. The molecule has 0 amide bonds. The minimum absolute atomic E-state index is 0.0963. The van der Waals surface area contributed by atoms with Crippen LogP contribution in [-0.2, 0) is 10.8 Å². The van der Waals surface area contributed by atoms with Gasteiger partial charge in [0.2, 0.25) is 0 Å². The quantitative estimate of drug-likeness (QED) is 0.181. The van der Waals surface area contributed by atoms with Crippen molar-refractivity contribution in [3.05, 3.63) is 132 Å². The summed E-state index contributed by atoms with van der Waals surface area (Å²) in [6.07, 6.45) is 1.69. The van der Waals surface area contributed by atoms with E-state index in [0.717, 1.165) is 44.5 Å². The number of nitrogens with zero attached hydrogens (tertiary/aromatic N) is 2. The first-order valence-corrected chi connectivity index (χ1v) is 16.8. The summed E-state index contributed by atoms with van der Waals surface area (Å²) in [5.74, 6) is 0. The van der Waals surface area contributed by atoms with Crippen molar-refractivity contribution < 1.29 is 4.42 Å². The second-order valence-electron chi connectivity index (χ2n) is 15.1. The molecule has 7 aromatic carbocycles. The molecule has 2 aromatic heterocycles. The molecule has 0 saturated carbocycles. The first kappa shape index (κ1) is 27.6. The Morgan fingerprint density at radius 3 is 2.00 bits per heavy atom. The van der Waals surface area contributed by atoms with E-state index in [1.165, 1.54) is 60.1 Å². The molecule has 1 aliphatic rings. The predicted molar refractivity (Wildman–Crippen MR) is 200 cm³/mol. The molecule has 0 saturated heterocycles. The zero-order chi connectivity index (χ0) is 32.5. The van der Waals surface area contributed by atoms with E-state index in [1.807, 2.05) is 18.2 Å². The molecule has 0 aliphatic heterocycles. The molecule has 2 heterocycles. The molecule has 3 heteroatoms. The molecule has 1 aliphatic carbocycles. The van der Waals surface area contributed by atoms with Crippen LogP contribution >= 0.6 is 0 Å². The largest absolute Gasteiger partial charge is 0.456 e. The average molecular weight is 619 g/mol. The van der Waals surface area contributed by atoms with E-state index in [2.05, 4.69) is 126 Å². The van der Waals surface area contributed by atoms with Crippen molar-refractivity contribution >= 4 is 54.3 Å². The molecular weight excluding hydrogens is 585 g/mol. The Balaban J connectivity index is 1.11. The Hall–Kier alpha value is -5.54. The van der Waals surface area contributed by atoms with Crippen molar-refractivity contribution in [2.24, 2.45) is 0 Å². The van der Waals surface area contributed by atoms with Gasteiger partial charge in [-0.05, 0) is 108 Å². The number of hydrogen-bond donors (Lipinski definition) is 0. The van der Waals surface area contributed by atoms with Crippen LogP contribution in [0.3, 0.4) is 0 Å². The minimum Gasteiger partial charge on any atom is -0.456 e. The van der Waals surface area contributed by atoms with E-state index in [1.54, 1.807) is 6.33 Å². The zero-order valence-corrected chi connectivity index (χ0v) is 27.8. The third-order valence-corrected chi connectivity index (χ3v) is 10.9. The lowest BCUT2D eigenvalue weighted by Gasteiger charge is -2.24. The molecule has 3 nitrogen and oxygen atoms in total. The lowest BCUT2D eigenvalue weighted by atomic mass is 9.79. The van der Waals surface area contributed by atoms with Crippen molar-refractivity contribution in [3.8, 4) is 33.6 Å². The van der Waals surface area contributed by atoms with Gasteiger partial charge >= 0.3 is 0 Å². The van der Waals surface area contributed by atoms with Crippen molar-refractivity contribution in [2.75, 3.05) is 0 Å². The number of hydrogen-bond acceptors (Lipinski definition) is 3. The average Bonchev–Trinajstić information content (AvgIpc) is 3.57. The molecular formula is C45H34N2O. The highest BCUT2D eigenvalue weighted by Crippen LogP contribution is 2.54. The van der Waals surface area contributed by atoms with Crippen LogP contribution in [0, 0.1) is 0 Å². The highest BCUT2D eigenvalue weighted by Gasteiger charge is 2.37. The molecule has 48 heavy (non-hydrogen) atoms. The number of furan rings is 1. The van der Waals surface area contributed by atoms with Gasteiger partial charge in [0.25, 0.3) is 0 Å². The Kier molecular flexibility index (Phi) is 5.34. The molecule has 0 unspecified atom stereocenters. The van der Waals surface area contributed by atoms with Crippen LogP contribution in [0.1, 0.15) is 51.3 Å². The second-order valence-corrected chi connectivity index (χ2v) is 15.1. The van der Waals surface area contributed by atoms with Crippen molar-refractivity contribution in [1.29, 1.82) is 0 Å². The maximum absolute atomic E-state index is 6.07. The summed E-state index contributed by atoms with van der Waals surface area (Å²) in [5, 5.41) is 10.3. The summed E-state index contributed by atoms with van der Waals surface area (Å²) in [7, 11) is 0. The highest BCUT2D eigenvalue weighted by atomic mass is 16.3. The normalized spacial score (nSPS) is 14.1. The Morgan fingerprint density at radius 2 is 1.23 bits per heavy atom. The summed E-state index contributed by atoms with van der Waals surface area (Å²) in [5.41, 5.74) is 12.5. The number of para-hydroxylation sites is 1. The monoisotopic (exact) mass is 618 g/mol. The van der Waals surface area contributed by atoms with Crippen molar-refractivity contribution in [1.82, 2.24) is 9.97 Å². The fraction of sp³-hybridized carbons (Fsp3) is 0.156. The zero-order valence-electron chi connectivity index (χ0n) is 27.8. The van der Waals surface area contributed by atoms with Crippen LogP contribution in [0.4, 0.5) is 0 Å². The second kappa shape index (κ2) is 9.29. The molecule has 0 atom stereocenters. The number of aromatic nitrogens is 2. The maximum Gasteiger partial charge on any atom is 0.135 e. The Labute approximate surface area is 279 Å². The lowest BCUT2D eigenvalue weighted by Crippen LogP contribution is -2.15. The van der Waals surface area contributed by atoms with E-state index in [-0.39, 0.29) is 10.8 Å². The third kappa shape index (κ3) is 3.76. The van der Waals surface area contributed by atoms with Crippen LogP contribution in [0.15, 0.2) is 120 Å². The van der Waals surface area contributed by atoms with Gasteiger partial charge in [0.15, 0.2) is 0 Å². The highest BCUT2D eigenvalue weighted by molar-refractivity contribution is 6.26. The summed E-state index contributed by atoms with van der Waals surface area (Å²) in [4.78, 5) is 9.46. The Bertz CT molecular complexity index is 2770. The van der Waals surface area contributed by atoms with E-state index in [9.17, 15) is 0 Å². The van der Waals surface area contributed by atoms with E-state index in [0.29, 0.717) is 0 Å². The smallest absolute Gasteiger partial charge is 0.135 e. The van der Waals surface area contributed by atoms with Crippen LogP contribution < -0.4 is 0 Å². The first-order valence-electron chi connectivity index (χ1n) is 16.8. The summed E-state index contributed by atoms with van der Waals surface area (Å²) < 4.78 is 6.07. The van der Waals surface area contributed by atoms with Gasteiger partial charge in [0.1, 0.15) is 17.5 Å². The van der Waals surface area contributed by atoms with Gasteiger partial charge < -0.3 is 4.42 Å². The molecule has 0 spiro atoms. The van der Waals surface area contributed by atoms with Gasteiger partial charge in [0.05, 0.1) is 11.4 Å². The minimum atomic E-state index is -0.159. The van der Waals surface area contributed by atoms with Crippen molar-refractivity contribution in [2.45, 2.75) is 45.4 Å². The summed E-state index contributed by atoms with van der Waals surface area (Å²) in [6, 6.07) is 40.1. The Morgan fingerprint density at radius 1 is 0.562 bits per heavy atom. The van der Waals surface area contributed by atoms with Crippen LogP contribution in [0.25, 0.3) is 87.9 Å². The molecule has 9 aromatic rings. The molecule has 10 rings (SSSR count). The maximum atomic E-state index is 6.07. The topological polar surface area (TPSA) is 38.9 Å². The van der Waals surface area contributed by atoms with E-state index >= 15 is 0 Å². The molecule has 0 fully saturated rings. The van der Waals surface area contributed by atoms with E-state index in [4.69, 9.17) is 14.4 Å². The van der Waals surface area contributed by atoms with Crippen LogP contribution in [0.2, 0.25) is 0 Å². The van der Waals surface area contributed by atoms with Crippen LogP contribution in [0.5, 0.6) is 0 Å². The fourth-order valence-electron chi connectivity index (χ4n) is 8.25. The van der Waals surface area contributed by atoms with Crippen LogP contribution in [-0.4, -0.2) is 9.97 Å². The number of fused-ring (bicyclic) bond motifs is 7. The van der Waals surface area contributed by atoms with Gasteiger partial charge in [-0.3, -0.25) is 0 Å². The first-order chi connectivity index (χ1) is 23.1. The van der Waals surface area contributed by atoms with Gasteiger partial charge in [-0.1, -0.05) is 101 Å². The van der Waals surface area contributed by atoms with Gasteiger partial charge in [0, 0.05) is 27.3 Å². The number of benzene rings is 7. The molecule has 230 valence electrons. The summed E-state index contributed by atoms with van der Waals surface area (Å²) in [6.45, 7) is 11.6. The summed E-state index contributed by atoms with van der Waals surface area (Å²) >= 11 is 0. The standard InChI is InChI=1S/C45H34N2O/c1-44(2,3)30-18-27-10-11-29-22-36-43(33-16-13-28(19-30)41(27)42(29)33)32-15-12-26(21-35(32)45(36,4)5)38-23-37(46-24-47-38)25-14-17-40-34(20-25)31-8-6-7-9-39(31)48-40/h6-24H,1-5H3. The number of rotatable bonds is 2. The third-order valence-electron chi connectivity index (χ3n) is 10.9. The lowest BCUT2D eigenvalue weighted by molar-refractivity contribution is 0.591. The molecule has 0 N–H and O–H groups in total.